The predicted octanol–water partition coefficient (Wildman–Crippen LogP) is 2.26. The summed E-state index contributed by atoms with van der Waals surface area (Å²) in [7, 11) is 0. The zero-order valence-electron chi connectivity index (χ0n) is 9.13. The molecule has 0 unspecified atom stereocenters. The summed E-state index contributed by atoms with van der Waals surface area (Å²) in [4.78, 5) is 21.4. The standard InChI is InChI=1S/C11H18O3/c1-4-9(2)6-5-7-14-11(13)8-10(3)12/h4H,5-8H2,1-3H3. The summed E-state index contributed by atoms with van der Waals surface area (Å²) in [6, 6.07) is 0. The zero-order valence-corrected chi connectivity index (χ0v) is 9.13. The Hall–Kier alpha value is -1.12. The summed E-state index contributed by atoms with van der Waals surface area (Å²) in [5, 5.41) is 0. The fourth-order valence-electron chi connectivity index (χ4n) is 0.936. The lowest BCUT2D eigenvalue weighted by atomic mass is 10.2. The van der Waals surface area contributed by atoms with Gasteiger partial charge in [0.05, 0.1) is 6.61 Å². The van der Waals surface area contributed by atoms with Crippen LogP contribution in [-0.4, -0.2) is 18.4 Å². The van der Waals surface area contributed by atoms with Gasteiger partial charge in [0, 0.05) is 0 Å². The van der Waals surface area contributed by atoms with Crippen LogP contribution in [-0.2, 0) is 14.3 Å². The number of hydrogen-bond acceptors (Lipinski definition) is 3. The maximum Gasteiger partial charge on any atom is 0.313 e. The molecule has 0 fully saturated rings. The molecule has 3 heteroatoms. The highest BCUT2D eigenvalue weighted by Gasteiger charge is 2.05. The van der Waals surface area contributed by atoms with Crippen molar-refractivity contribution < 1.29 is 14.3 Å². The van der Waals surface area contributed by atoms with Crippen LogP contribution in [0.5, 0.6) is 0 Å². The molecule has 0 aliphatic carbocycles. The summed E-state index contributed by atoms with van der Waals surface area (Å²) in [6.45, 7) is 5.80. The topological polar surface area (TPSA) is 43.4 Å². The Morgan fingerprint density at radius 2 is 1.93 bits per heavy atom. The molecule has 0 bridgehead atoms. The third-order valence-electron chi connectivity index (χ3n) is 1.86. The molecule has 14 heavy (non-hydrogen) atoms. The monoisotopic (exact) mass is 198 g/mol. The van der Waals surface area contributed by atoms with Crippen molar-refractivity contribution in [2.45, 2.75) is 40.0 Å². The van der Waals surface area contributed by atoms with E-state index in [1.54, 1.807) is 0 Å². The van der Waals surface area contributed by atoms with Crippen LogP contribution in [0.25, 0.3) is 0 Å². The molecule has 0 aliphatic heterocycles. The minimum absolute atomic E-state index is 0.109. The molecule has 0 saturated heterocycles. The average molecular weight is 198 g/mol. The number of hydrogen-bond donors (Lipinski definition) is 0. The minimum Gasteiger partial charge on any atom is -0.465 e. The lowest BCUT2D eigenvalue weighted by Crippen LogP contribution is -2.09. The van der Waals surface area contributed by atoms with Gasteiger partial charge in [-0.3, -0.25) is 9.59 Å². The summed E-state index contributed by atoms with van der Waals surface area (Å²) in [5.74, 6) is -0.574. The van der Waals surface area contributed by atoms with Gasteiger partial charge < -0.3 is 4.74 Å². The molecular formula is C11H18O3. The van der Waals surface area contributed by atoms with Crippen LogP contribution < -0.4 is 0 Å². The van der Waals surface area contributed by atoms with Crippen molar-refractivity contribution in [3.8, 4) is 0 Å². The van der Waals surface area contributed by atoms with Gasteiger partial charge in [-0.15, -0.1) is 0 Å². The smallest absolute Gasteiger partial charge is 0.313 e. The van der Waals surface area contributed by atoms with E-state index in [2.05, 4.69) is 0 Å². The van der Waals surface area contributed by atoms with Crippen molar-refractivity contribution in [1.29, 1.82) is 0 Å². The van der Waals surface area contributed by atoms with Crippen LogP contribution in [0.2, 0.25) is 0 Å². The van der Waals surface area contributed by atoms with Crippen LogP contribution in [0, 0.1) is 0 Å². The van der Waals surface area contributed by atoms with E-state index in [0.717, 1.165) is 12.8 Å². The Bertz CT molecular complexity index is 229. The lowest BCUT2D eigenvalue weighted by Gasteiger charge is -2.03. The summed E-state index contributed by atoms with van der Waals surface area (Å²) >= 11 is 0. The quantitative estimate of drug-likeness (QED) is 0.284. The molecule has 0 saturated carbocycles. The highest BCUT2D eigenvalue weighted by molar-refractivity contribution is 5.94. The van der Waals surface area contributed by atoms with E-state index in [0.29, 0.717) is 6.61 Å². The first-order valence-electron chi connectivity index (χ1n) is 4.83. The average Bonchev–Trinajstić information content (AvgIpc) is 2.10. The van der Waals surface area contributed by atoms with Crippen LogP contribution in [0.4, 0.5) is 0 Å². The summed E-state index contributed by atoms with van der Waals surface area (Å²) in [6.07, 6.45) is 3.68. The second-order valence-electron chi connectivity index (χ2n) is 3.34. The van der Waals surface area contributed by atoms with Crippen molar-refractivity contribution in [2.75, 3.05) is 6.61 Å². The van der Waals surface area contributed by atoms with E-state index >= 15 is 0 Å². The molecule has 0 aromatic heterocycles. The second-order valence-corrected chi connectivity index (χ2v) is 3.34. The Kier molecular flexibility index (Phi) is 6.72. The molecule has 0 aromatic carbocycles. The molecule has 0 aromatic rings. The van der Waals surface area contributed by atoms with Gasteiger partial charge in [0.1, 0.15) is 12.2 Å². The van der Waals surface area contributed by atoms with Gasteiger partial charge in [-0.25, -0.2) is 0 Å². The largest absolute Gasteiger partial charge is 0.465 e. The van der Waals surface area contributed by atoms with Crippen molar-refractivity contribution in [3.63, 3.8) is 0 Å². The van der Waals surface area contributed by atoms with Gasteiger partial charge in [-0.1, -0.05) is 11.6 Å². The molecule has 80 valence electrons. The molecular weight excluding hydrogens is 180 g/mol. The minimum atomic E-state index is -0.421. The first-order valence-corrected chi connectivity index (χ1v) is 4.83. The van der Waals surface area contributed by atoms with Crippen molar-refractivity contribution in [2.24, 2.45) is 0 Å². The first kappa shape index (κ1) is 12.9. The molecule has 3 nitrogen and oxygen atoms in total. The van der Waals surface area contributed by atoms with Crippen LogP contribution in [0.3, 0.4) is 0 Å². The van der Waals surface area contributed by atoms with E-state index in [4.69, 9.17) is 4.74 Å². The van der Waals surface area contributed by atoms with Crippen LogP contribution in [0.15, 0.2) is 11.6 Å². The van der Waals surface area contributed by atoms with Crippen LogP contribution >= 0.6 is 0 Å². The number of carbonyl (C=O) groups is 2. The molecule has 0 amide bonds. The lowest BCUT2D eigenvalue weighted by molar-refractivity contribution is -0.145. The fourth-order valence-corrected chi connectivity index (χ4v) is 0.936. The molecule has 0 atom stereocenters. The van der Waals surface area contributed by atoms with Crippen LogP contribution in [0.1, 0.15) is 40.0 Å². The molecule has 0 radical (unpaired) electrons. The summed E-state index contributed by atoms with van der Waals surface area (Å²) in [5.41, 5.74) is 1.28. The van der Waals surface area contributed by atoms with Crippen molar-refractivity contribution in [3.05, 3.63) is 11.6 Å². The number of ketones is 1. The van der Waals surface area contributed by atoms with E-state index in [-0.39, 0.29) is 12.2 Å². The van der Waals surface area contributed by atoms with Gasteiger partial charge in [-0.2, -0.15) is 0 Å². The number of rotatable bonds is 6. The number of carbonyl (C=O) groups excluding carboxylic acids is 2. The van der Waals surface area contributed by atoms with E-state index in [9.17, 15) is 9.59 Å². The second kappa shape index (κ2) is 7.30. The Labute approximate surface area is 85.1 Å². The van der Waals surface area contributed by atoms with E-state index in [1.807, 2.05) is 19.9 Å². The van der Waals surface area contributed by atoms with Gasteiger partial charge in [-0.05, 0) is 33.6 Å². The van der Waals surface area contributed by atoms with E-state index < -0.39 is 5.97 Å². The highest BCUT2D eigenvalue weighted by Crippen LogP contribution is 2.03. The van der Waals surface area contributed by atoms with Gasteiger partial charge in [0.25, 0.3) is 0 Å². The Morgan fingerprint density at radius 3 is 2.43 bits per heavy atom. The Morgan fingerprint density at radius 1 is 1.29 bits per heavy atom. The third-order valence-corrected chi connectivity index (χ3v) is 1.86. The normalized spacial score (nSPS) is 11.2. The van der Waals surface area contributed by atoms with E-state index in [1.165, 1.54) is 12.5 Å². The number of Topliss-reactive ketones (excluding diaryl/α,β-unsaturated/α-hetero) is 1. The fraction of sp³-hybridized carbons (Fsp3) is 0.636. The number of allylic oxidation sites excluding steroid dienone is 2. The van der Waals surface area contributed by atoms with Gasteiger partial charge >= 0.3 is 5.97 Å². The van der Waals surface area contributed by atoms with Crippen molar-refractivity contribution >= 4 is 11.8 Å². The maximum absolute atomic E-state index is 10.9. The third kappa shape index (κ3) is 7.53. The molecule has 0 N–H and O–H groups in total. The highest BCUT2D eigenvalue weighted by atomic mass is 16.5. The number of esters is 1. The molecule has 0 rings (SSSR count). The molecule has 0 aliphatic rings. The Balaban J connectivity index is 3.45. The number of ether oxygens (including phenoxy) is 1. The molecule has 0 spiro atoms. The van der Waals surface area contributed by atoms with Gasteiger partial charge in [0.15, 0.2) is 0 Å². The SMILES string of the molecule is CC=C(C)CCCOC(=O)CC(C)=O. The zero-order chi connectivity index (χ0) is 11.0. The first-order chi connectivity index (χ1) is 6.56. The molecule has 0 heterocycles. The van der Waals surface area contributed by atoms with Crippen molar-refractivity contribution in [1.82, 2.24) is 0 Å². The maximum atomic E-state index is 10.9. The summed E-state index contributed by atoms with van der Waals surface area (Å²) < 4.78 is 4.86. The predicted molar refractivity (Wildman–Crippen MR) is 54.9 cm³/mol. The van der Waals surface area contributed by atoms with Gasteiger partial charge in [0.2, 0.25) is 0 Å².